The zero-order chi connectivity index (χ0) is 11.9. The van der Waals surface area contributed by atoms with Crippen molar-refractivity contribution >= 4 is 24.2 Å². The standard InChI is InChI=1S/C15H17NS.ClH/c1-17-15-9-7-14(8-10-15)12-16-11-13-5-3-2-4-6-13;/h2-10,16H,11-12H2,1H3;1H. The Hall–Kier alpha value is -0.960. The fourth-order valence-corrected chi connectivity index (χ4v) is 2.10. The van der Waals surface area contributed by atoms with E-state index in [4.69, 9.17) is 0 Å². The summed E-state index contributed by atoms with van der Waals surface area (Å²) in [5.74, 6) is 0. The number of thioether (sulfide) groups is 1. The van der Waals surface area contributed by atoms with Gasteiger partial charge in [-0.25, -0.2) is 0 Å². The second-order valence-electron chi connectivity index (χ2n) is 3.94. The summed E-state index contributed by atoms with van der Waals surface area (Å²) in [5.41, 5.74) is 2.66. The topological polar surface area (TPSA) is 12.0 Å². The van der Waals surface area contributed by atoms with Crippen LogP contribution in [0.4, 0.5) is 0 Å². The summed E-state index contributed by atoms with van der Waals surface area (Å²) in [6, 6.07) is 19.2. The highest BCUT2D eigenvalue weighted by molar-refractivity contribution is 7.98. The van der Waals surface area contributed by atoms with E-state index in [1.54, 1.807) is 11.8 Å². The maximum absolute atomic E-state index is 3.45. The minimum atomic E-state index is 0. The minimum Gasteiger partial charge on any atom is -0.309 e. The molecule has 0 aliphatic carbocycles. The molecule has 18 heavy (non-hydrogen) atoms. The van der Waals surface area contributed by atoms with Crippen molar-refractivity contribution in [3.05, 3.63) is 65.7 Å². The summed E-state index contributed by atoms with van der Waals surface area (Å²) in [4.78, 5) is 1.32. The van der Waals surface area contributed by atoms with Crippen LogP contribution in [0.5, 0.6) is 0 Å². The van der Waals surface area contributed by atoms with Crippen LogP contribution in [0.3, 0.4) is 0 Å². The van der Waals surface area contributed by atoms with Crippen molar-refractivity contribution in [2.24, 2.45) is 0 Å². The Morgan fingerprint density at radius 3 is 1.94 bits per heavy atom. The van der Waals surface area contributed by atoms with Crippen molar-refractivity contribution in [2.75, 3.05) is 6.26 Å². The van der Waals surface area contributed by atoms with Gasteiger partial charge in [0.2, 0.25) is 0 Å². The van der Waals surface area contributed by atoms with Crippen LogP contribution in [0.2, 0.25) is 0 Å². The molecule has 1 N–H and O–H groups in total. The van der Waals surface area contributed by atoms with Gasteiger partial charge in [-0.05, 0) is 29.5 Å². The van der Waals surface area contributed by atoms with Gasteiger partial charge in [-0.2, -0.15) is 0 Å². The van der Waals surface area contributed by atoms with E-state index in [1.165, 1.54) is 16.0 Å². The molecule has 0 fully saturated rings. The van der Waals surface area contributed by atoms with E-state index in [0.29, 0.717) is 0 Å². The van der Waals surface area contributed by atoms with Crippen LogP contribution < -0.4 is 5.32 Å². The molecule has 3 heteroatoms. The summed E-state index contributed by atoms with van der Waals surface area (Å²) in [6.45, 7) is 1.84. The molecule has 2 rings (SSSR count). The van der Waals surface area contributed by atoms with Crippen molar-refractivity contribution in [3.8, 4) is 0 Å². The normalized spacial score (nSPS) is 9.83. The zero-order valence-electron chi connectivity index (χ0n) is 10.4. The lowest BCUT2D eigenvalue weighted by Crippen LogP contribution is -2.12. The summed E-state index contributed by atoms with van der Waals surface area (Å²) < 4.78 is 0. The first-order valence-electron chi connectivity index (χ1n) is 5.76. The molecule has 0 aromatic heterocycles. The second kappa shape index (κ2) is 8.20. The van der Waals surface area contributed by atoms with E-state index in [9.17, 15) is 0 Å². The summed E-state index contributed by atoms with van der Waals surface area (Å²) in [7, 11) is 0. The van der Waals surface area contributed by atoms with Crippen LogP contribution in [-0.4, -0.2) is 6.26 Å². The molecule has 0 amide bonds. The van der Waals surface area contributed by atoms with Crippen molar-refractivity contribution in [3.63, 3.8) is 0 Å². The van der Waals surface area contributed by atoms with Crippen molar-refractivity contribution in [1.29, 1.82) is 0 Å². The molecule has 96 valence electrons. The lowest BCUT2D eigenvalue weighted by atomic mass is 10.2. The third-order valence-electron chi connectivity index (χ3n) is 2.66. The number of benzene rings is 2. The molecule has 2 aromatic carbocycles. The lowest BCUT2D eigenvalue weighted by Gasteiger charge is -2.05. The van der Waals surface area contributed by atoms with E-state index < -0.39 is 0 Å². The van der Waals surface area contributed by atoms with Gasteiger partial charge >= 0.3 is 0 Å². The van der Waals surface area contributed by atoms with E-state index in [1.807, 2.05) is 6.07 Å². The molecule has 2 aromatic rings. The number of hydrogen-bond donors (Lipinski definition) is 1. The molecular weight excluding hydrogens is 262 g/mol. The number of nitrogens with one attached hydrogen (secondary N) is 1. The first-order chi connectivity index (χ1) is 8.38. The smallest absolute Gasteiger partial charge is 0.0208 e. The zero-order valence-corrected chi connectivity index (χ0v) is 12.1. The van der Waals surface area contributed by atoms with Crippen molar-refractivity contribution in [1.82, 2.24) is 5.32 Å². The van der Waals surface area contributed by atoms with Crippen LogP contribution in [0, 0.1) is 0 Å². The van der Waals surface area contributed by atoms with Gasteiger partial charge < -0.3 is 5.32 Å². The third-order valence-corrected chi connectivity index (χ3v) is 3.40. The van der Waals surface area contributed by atoms with Gasteiger partial charge in [0.15, 0.2) is 0 Å². The number of rotatable bonds is 5. The summed E-state index contributed by atoms with van der Waals surface area (Å²) in [5, 5.41) is 3.45. The lowest BCUT2D eigenvalue weighted by molar-refractivity contribution is 0.693. The Bertz CT molecular complexity index is 442. The van der Waals surface area contributed by atoms with Crippen LogP contribution in [-0.2, 0) is 13.1 Å². The average molecular weight is 280 g/mol. The quantitative estimate of drug-likeness (QED) is 0.827. The Morgan fingerprint density at radius 2 is 1.39 bits per heavy atom. The van der Waals surface area contributed by atoms with Gasteiger partial charge in [0.05, 0.1) is 0 Å². The highest BCUT2D eigenvalue weighted by Crippen LogP contribution is 2.14. The Labute approximate surface area is 119 Å². The molecule has 0 unspecified atom stereocenters. The minimum absolute atomic E-state index is 0. The fraction of sp³-hybridized carbons (Fsp3) is 0.200. The fourth-order valence-electron chi connectivity index (χ4n) is 1.69. The number of hydrogen-bond acceptors (Lipinski definition) is 2. The van der Waals surface area contributed by atoms with Crippen molar-refractivity contribution < 1.29 is 0 Å². The van der Waals surface area contributed by atoms with E-state index in [-0.39, 0.29) is 12.4 Å². The molecule has 0 atom stereocenters. The number of halogens is 1. The molecule has 0 aliphatic rings. The molecule has 0 heterocycles. The predicted molar refractivity (Wildman–Crippen MR) is 82.5 cm³/mol. The molecule has 0 saturated heterocycles. The molecule has 0 spiro atoms. The molecular formula is C15H18ClNS. The van der Waals surface area contributed by atoms with Crippen LogP contribution in [0.15, 0.2) is 59.5 Å². The monoisotopic (exact) mass is 279 g/mol. The predicted octanol–water partition coefficient (Wildman–Crippen LogP) is 4.12. The summed E-state index contributed by atoms with van der Waals surface area (Å²) in [6.07, 6.45) is 2.10. The maximum Gasteiger partial charge on any atom is 0.0208 e. The Kier molecular flexibility index (Phi) is 6.88. The van der Waals surface area contributed by atoms with E-state index in [0.717, 1.165) is 13.1 Å². The molecule has 0 radical (unpaired) electrons. The second-order valence-corrected chi connectivity index (χ2v) is 4.82. The molecule has 0 aliphatic heterocycles. The van der Waals surface area contributed by atoms with Crippen LogP contribution >= 0.6 is 24.2 Å². The largest absolute Gasteiger partial charge is 0.309 e. The van der Waals surface area contributed by atoms with Gasteiger partial charge in [0, 0.05) is 18.0 Å². The van der Waals surface area contributed by atoms with Gasteiger partial charge in [-0.15, -0.1) is 24.2 Å². The van der Waals surface area contributed by atoms with Crippen LogP contribution in [0.1, 0.15) is 11.1 Å². The Balaban J connectivity index is 0.00000162. The van der Waals surface area contributed by atoms with E-state index in [2.05, 4.69) is 60.1 Å². The first kappa shape index (κ1) is 15.1. The van der Waals surface area contributed by atoms with E-state index >= 15 is 0 Å². The maximum atomic E-state index is 3.45. The molecule has 0 bridgehead atoms. The van der Waals surface area contributed by atoms with Crippen molar-refractivity contribution in [2.45, 2.75) is 18.0 Å². The SMILES string of the molecule is CSc1ccc(CNCc2ccccc2)cc1.Cl. The third kappa shape index (κ3) is 4.73. The highest BCUT2D eigenvalue weighted by atomic mass is 35.5. The highest BCUT2D eigenvalue weighted by Gasteiger charge is 1.94. The average Bonchev–Trinajstić information content (AvgIpc) is 2.41. The summed E-state index contributed by atoms with van der Waals surface area (Å²) >= 11 is 1.78. The van der Waals surface area contributed by atoms with Gasteiger partial charge in [0.1, 0.15) is 0 Å². The van der Waals surface area contributed by atoms with Gasteiger partial charge in [0.25, 0.3) is 0 Å². The van der Waals surface area contributed by atoms with Gasteiger partial charge in [-0.3, -0.25) is 0 Å². The van der Waals surface area contributed by atoms with Crippen LogP contribution in [0.25, 0.3) is 0 Å². The first-order valence-corrected chi connectivity index (χ1v) is 6.98. The molecule has 1 nitrogen and oxygen atoms in total. The molecule has 0 saturated carbocycles. The Morgan fingerprint density at radius 1 is 0.833 bits per heavy atom. The van der Waals surface area contributed by atoms with Gasteiger partial charge in [-0.1, -0.05) is 42.5 Å².